The summed E-state index contributed by atoms with van der Waals surface area (Å²) in [7, 11) is 1.47. The number of esters is 3. The van der Waals surface area contributed by atoms with E-state index in [-0.39, 0.29) is 35.2 Å². The summed E-state index contributed by atoms with van der Waals surface area (Å²) in [4.78, 5) is 35.8. The standard InChI is InChI=1S/C34H50O11/c1-18-27(43-19(2)35)28(40-6)29(44-20(3)36)30(42-18)45-22-7-11-31(4)24-8-12-32(5)23(21-15-26(37)41-17-21)10-14-34(32,39)25(24)9-13-33(31,38)16-22/h15,18,22-25,27-30,38-39H,7-14,16-17H2,1-6H3/t18-,22-,23-,24+,25-,27+,28+,29-,30-,31-,32+,33+,34-/m1/s1. The third-order valence-corrected chi connectivity index (χ3v) is 13.0. The highest BCUT2D eigenvalue weighted by atomic mass is 16.7. The lowest BCUT2D eigenvalue weighted by atomic mass is 9.42. The SMILES string of the molecule is CO[C@H]1[C@@H](OC(C)=O)[C@@H](C)O[C@H](O[C@@H]2CC[C@]3(C)[C@H]4CC[C@@]5(C)[C@@H](C6=CC(=O)OC6)CC[C@@]5(O)[C@@H]4CC[C@]3(O)C2)[C@@H]1OC(C)=O. The normalized spacial score (nSPS) is 49.2. The van der Waals surface area contributed by atoms with Crippen molar-refractivity contribution in [3.05, 3.63) is 11.6 Å². The number of ether oxygens (including phenoxy) is 6. The molecule has 6 aliphatic rings. The number of aliphatic hydroxyl groups is 2. The van der Waals surface area contributed by atoms with Crippen molar-refractivity contribution >= 4 is 17.9 Å². The molecular weight excluding hydrogens is 584 g/mol. The van der Waals surface area contributed by atoms with Gasteiger partial charge in [-0.2, -0.15) is 0 Å². The average molecular weight is 635 g/mol. The Bertz CT molecular complexity index is 1230. The lowest BCUT2D eigenvalue weighted by Gasteiger charge is -2.66. The molecule has 0 aromatic carbocycles. The summed E-state index contributed by atoms with van der Waals surface area (Å²) in [5, 5.41) is 24.9. The van der Waals surface area contributed by atoms with Gasteiger partial charge in [0.05, 0.1) is 23.4 Å². The molecule has 45 heavy (non-hydrogen) atoms. The molecule has 1 saturated heterocycles. The Morgan fingerprint density at radius 1 is 0.889 bits per heavy atom. The van der Waals surface area contributed by atoms with Gasteiger partial charge in [0.15, 0.2) is 18.5 Å². The van der Waals surface area contributed by atoms with Gasteiger partial charge in [0.25, 0.3) is 0 Å². The first-order valence-corrected chi connectivity index (χ1v) is 16.7. The fourth-order valence-corrected chi connectivity index (χ4v) is 10.7. The topological polar surface area (TPSA) is 147 Å². The van der Waals surface area contributed by atoms with Crippen LogP contribution in [0.4, 0.5) is 0 Å². The quantitative estimate of drug-likeness (QED) is 0.252. The van der Waals surface area contributed by atoms with Crippen LogP contribution in [-0.2, 0) is 42.8 Å². The van der Waals surface area contributed by atoms with E-state index < -0.39 is 59.3 Å². The minimum absolute atomic E-state index is 0.0548. The van der Waals surface area contributed by atoms with Crippen molar-refractivity contribution in [3.8, 4) is 0 Å². The summed E-state index contributed by atoms with van der Waals surface area (Å²) in [5.41, 5.74) is -1.63. The Morgan fingerprint density at radius 2 is 1.56 bits per heavy atom. The molecule has 0 aromatic rings. The molecule has 11 heteroatoms. The number of carbonyl (C=O) groups excluding carboxylic acids is 3. The highest BCUT2D eigenvalue weighted by Crippen LogP contribution is 2.70. The second kappa shape index (κ2) is 11.6. The van der Waals surface area contributed by atoms with Gasteiger partial charge in [0.2, 0.25) is 0 Å². The van der Waals surface area contributed by atoms with Crippen LogP contribution in [-0.4, -0.2) is 89.8 Å². The van der Waals surface area contributed by atoms with Crippen LogP contribution in [0.15, 0.2) is 11.6 Å². The monoisotopic (exact) mass is 634 g/mol. The van der Waals surface area contributed by atoms with E-state index in [2.05, 4.69) is 13.8 Å². The van der Waals surface area contributed by atoms with E-state index in [1.807, 2.05) is 0 Å². The van der Waals surface area contributed by atoms with Crippen LogP contribution < -0.4 is 0 Å². The number of fused-ring (bicyclic) bond motifs is 5. The third-order valence-electron chi connectivity index (χ3n) is 13.0. The van der Waals surface area contributed by atoms with Gasteiger partial charge in [-0.25, -0.2) is 4.79 Å². The maximum atomic E-state index is 12.5. The molecule has 13 atom stereocenters. The lowest BCUT2D eigenvalue weighted by Crippen LogP contribution is -2.68. The Morgan fingerprint density at radius 3 is 2.20 bits per heavy atom. The predicted octanol–water partition coefficient (Wildman–Crippen LogP) is 3.37. The second-order valence-electron chi connectivity index (χ2n) is 15.1. The molecule has 0 unspecified atom stereocenters. The molecule has 0 spiro atoms. The zero-order valence-corrected chi connectivity index (χ0v) is 27.4. The Balaban J connectivity index is 1.19. The molecule has 0 bridgehead atoms. The largest absolute Gasteiger partial charge is 0.458 e. The number of methoxy groups -OCH3 is 1. The number of cyclic esters (lactones) is 1. The van der Waals surface area contributed by atoms with E-state index >= 15 is 0 Å². The zero-order chi connectivity index (χ0) is 32.5. The molecule has 4 saturated carbocycles. The number of hydrogen-bond donors (Lipinski definition) is 2. The van der Waals surface area contributed by atoms with Crippen molar-refractivity contribution in [1.29, 1.82) is 0 Å². The first-order valence-electron chi connectivity index (χ1n) is 16.7. The molecule has 2 N–H and O–H groups in total. The minimum atomic E-state index is -1.01. The van der Waals surface area contributed by atoms with Crippen molar-refractivity contribution in [2.24, 2.45) is 28.6 Å². The highest BCUT2D eigenvalue weighted by Gasteiger charge is 2.70. The molecule has 0 amide bonds. The predicted molar refractivity (Wildman–Crippen MR) is 158 cm³/mol. The number of rotatable bonds is 6. The first kappa shape index (κ1) is 32.9. The Hall–Kier alpha value is -2.05. The molecule has 0 radical (unpaired) electrons. The molecule has 4 aliphatic carbocycles. The fourth-order valence-electron chi connectivity index (χ4n) is 10.7. The second-order valence-corrected chi connectivity index (χ2v) is 15.1. The van der Waals surface area contributed by atoms with Crippen molar-refractivity contribution in [2.45, 2.75) is 140 Å². The minimum Gasteiger partial charge on any atom is -0.458 e. The van der Waals surface area contributed by atoms with Crippen molar-refractivity contribution in [2.75, 3.05) is 13.7 Å². The number of carbonyl (C=O) groups is 3. The van der Waals surface area contributed by atoms with Crippen LogP contribution in [0.3, 0.4) is 0 Å². The van der Waals surface area contributed by atoms with Gasteiger partial charge in [-0.1, -0.05) is 13.8 Å². The summed E-state index contributed by atoms with van der Waals surface area (Å²) >= 11 is 0. The van der Waals surface area contributed by atoms with E-state index in [4.69, 9.17) is 28.4 Å². The molecule has 6 rings (SSSR count). The summed E-state index contributed by atoms with van der Waals surface area (Å²) in [5.74, 6) is -1.01. The Kier molecular flexibility index (Phi) is 8.46. The zero-order valence-electron chi connectivity index (χ0n) is 27.4. The average Bonchev–Trinajstić information content (AvgIpc) is 3.51. The lowest BCUT2D eigenvalue weighted by molar-refractivity contribution is -0.324. The fraction of sp³-hybridized carbons (Fsp3) is 0.853. The Labute approximate surface area is 265 Å². The maximum Gasteiger partial charge on any atom is 0.331 e. The van der Waals surface area contributed by atoms with E-state index in [0.717, 1.165) is 24.8 Å². The van der Waals surface area contributed by atoms with Crippen LogP contribution in [0.1, 0.15) is 92.4 Å². The molecule has 252 valence electrons. The van der Waals surface area contributed by atoms with Crippen molar-refractivity contribution in [3.63, 3.8) is 0 Å². The van der Waals surface area contributed by atoms with Gasteiger partial charge in [0.1, 0.15) is 12.7 Å². The molecule has 0 aromatic heterocycles. The van der Waals surface area contributed by atoms with Gasteiger partial charge < -0.3 is 38.6 Å². The first-order chi connectivity index (χ1) is 21.2. The van der Waals surface area contributed by atoms with Gasteiger partial charge in [-0.15, -0.1) is 0 Å². The van der Waals surface area contributed by atoms with E-state index in [1.165, 1.54) is 21.0 Å². The van der Waals surface area contributed by atoms with Gasteiger partial charge in [0, 0.05) is 38.9 Å². The van der Waals surface area contributed by atoms with Crippen LogP contribution in [0.2, 0.25) is 0 Å². The van der Waals surface area contributed by atoms with Gasteiger partial charge in [-0.05, 0) is 87.0 Å². The van der Waals surface area contributed by atoms with E-state index in [9.17, 15) is 24.6 Å². The van der Waals surface area contributed by atoms with Crippen LogP contribution >= 0.6 is 0 Å². The molecule has 2 aliphatic heterocycles. The smallest absolute Gasteiger partial charge is 0.331 e. The van der Waals surface area contributed by atoms with Crippen LogP contribution in [0.25, 0.3) is 0 Å². The summed E-state index contributed by atoms with van der Waals surface area (Å²) < 4.78 is 34.7. The van der Waals surface area contributed by atoms with Crippen LogP contribution in [0, 0.1) is 28.6 Å². The van der Waals surface area contributed by atoms with Gasteiger partial charge in [-0.3, -0.25) is 9.59 Å². The third kappa shape index (κ3) is 5.16. The highest BCUT2D eigenvalue weighted by molar-refractivity contribution is 5.85. The summed E-state index contributed by atoms with van der Waals surface area (Å²) in [6.45, 7) is 9.06. The van der Waals surface area contributed by atoms with E-state index in [0.29, 0.717) is 45.1 Å². The van der Waals surface area contributed by atoms with Gasteiger partial charge >= 0.3 is 17.9 Å². The molecule has 11 nitrogen and oxygen atoms in total. The molecule has 5 fully saturated rings. The van der Waals surface area contributed by atoms with Crippen LogP contribution in [0.5, 0.6) is 0 Å². The van der Waals surface area contributed by atoms with Crippen molar-refractivity contribution < 1.29 is 53.0 Å². The molecular formula is C34H50O11. The van der Waals surface area contributed by atoms with Crippen molar-refractivity contribution in [1.82, 2.24) is 0 Å². The maximum absolute atomic E-state index is 12.5. The molecule has 2 heterocycles. The summed E-state index contributed by atoms with van der Waals surface area (Å²) in [6.07, 6.45) is 3.42. The van der Waals surface area contributed by atoms with E-state index in [1.54, 1.807) is 13.0 Å². The number of hydrogen-bond acceptors (Lipinski definition) is 11. The summed E-state index contributed by atoms with van der Waals surface area (Å²) in [6, 6.07) is 0.